The molecule has 44 heavy (non-hydrogen) atoms. The molecule has 5 nitrogen and oxygen atoms in total. The van der Waals surface area contributed by atoms with E-state index in [2.05, 4.69) is 74.4 Å². The Labute approximate surface area is 266 Å². The molecule has 2 unspecified atom stereocenters. The molecule has 2 aliphatic heterocycles. The smallest absolute Gasteiger partial charge is 0.265 e. The van der Waals surface area contributed by atoms with Crippen molar-refractivity contribution in [3.05, 3.63) is 58.3 Å². The monoisotopic (exact) mass is 617 g/mol. The van der Waals surface area contributed by atoms with Gasteiger partial charge in [-0.3, -0.25) is 4.55 Å². The lowest BCUT2D eigenvalue weighted by atomic mass is 9.71. The summed E-state index contributed by atoms with van der Waals surface area (Å²) in [7, 11) is -3.98. The third-order valence-corrected chi connectivity index (χ3v) is 12.1. The van der Waals surface area contributed by atoms with Gasteiger partial charge in [-0.05, 0) is 113 Å². The van der Waals surface area contributed by atoms with E-state index >= 15 is 0 Å². The van der Waals surface area contributed by atoms with E-state index in [0.717, 1.165) is 25.8 Å². The van der Waals surface area contributed by atoms with Gasteiger partial charge in [-0.15, -0.1) is 0 Å². The van der Waals surface area contributed by atoms with Crippen molar-refractivity contribution in [2.24, 2.45) is 0 Å². The summed E-state index contributed by atoms with van der Waals surface area (Å²) in [6.45, 7) is 13.5. The highest BCUT2D eigenvalue weighted by Gasteiger charge is 2.49. The fraction of sp³-hybridized carbons (Fsp3) is 0.605. The van der Waals surface area contributed by atoms with Crippen LogP contribution in [0, 0.1) is 13.8 Å². The fourth-order valence-electron chi connectivity index (χ4n) is 9.15. The lowest BCUT2D eigenvalue weighted by Gasteiger charge is -2.32. The molecule has 1 fully saturated rings. The molecule has 2 atom stereocenters. The third kappa shape index (κ3) is 5.48. The van der Waals surface area contributed by atoms with Crippen molar-refractivity contribution in [3.8, 4) is 11.1 Å². The Morgan fingerprint density at radius 3 is 2.25 bits per heavy atom. The number of aryl methyl sites for hydroxylation is 2. The summed E-state index contributed by atoms with van der Waals surface area (Å²) in [6, 6.07) is 9.80. The minimum atomic E-state index is -3.98. The maximum absolute atomic E-state index is 11.6. The highest BCUT2D eigenvalue weighted by Crippen LogP contribution is 2.55. The predicted octanol–water partition coefficient (Wildman–Crippen LogP) is 9.29. The van der Waals surface area contributed by atoms with Crippen LogP contribution in [0.1, 0.15) is 126 Å². The number of allylic oxidation sites excluding steroid dienone is 2. The molecule has 2 aromatic carbocycles. The molecule has 6 heteroatoms. The van der Waals surface area contributed by atoms with Crippen LogP contribution in [0.3, 0.4) is 0 Å². The van der Waals surface area contributed by atoms with Crippen molar-refractivity contribution in [3.63, 3.8) is 0 Å². The van der Waals surface area contributed by atoms with Gasteiger partial charge in [0.1, 0.15) is 6.54 Å². The van der Waals surface area contributed by atoms with Crippen molar-refractivity contribution >= 4 is 27.2 Å². The van der Waals surface area contributed by atoms with Gasteiger partial charge >= 0.3 is 0 Å². The second-order valence-electron chi connectivity index (χ2n) is 14.5. The molecule has 2 aliphatic carbocycles. The lowest BCUT2D eigenvalue weighted by Crippen LogP contribution is -2.34. The average Bonchev–Trinajstić information content (AvgIpc) is 3.29. The minimum Gasteiger partial charge on any atom is -0.344 e. The van der Waals surface area contributed by atoms with Crippen LogP contribution in [0.2, 0.25) is 0 Å². The van der Waals surface area contributed by atoms with Gasteiger partial charge in [0.25, 0.3) is 10.1 Å². The number of nitrogens with zero attached hydrogens (tertiary/aromatic N) is 2. The predicted molar refractivity (Wildman–Crippen MR) is 183 cm³/mol. The number of hydrogen-bond donors (Lipinski definition) is 1. The summed E-state index contributed by atoms with van der Waals surface area (Å²) in [4.78, 5) is 2.65. The average molecular weight is 618 g/mol. The molecule has 2 aromatic rings. The van der Waals surface area contributed by atoms with Crippen molar-refractivity contribution in [2.45, 2.75) is 129 Å². The van der Waals surface area contributed by atoms with Crippen LogP contribution in [0.25, 0.3) is 11.1 Å². The zero-order chi connectivity index (χ0) is 31.3. The van der Waals surface area contributed by atoms with Crippen LogP contribution in [0.4, 0.5) is 11.4 Å². The summed E-state index contributed by atoms with van der Waals surface area (Å²) in [5.74, 6) is -0.196. The van der Waals surface area contributed by atoms with Crippen LogP contribution in [-0.2, 0) is 20.9 Å². The Balaban J connectivity index is 1.47. The lowest BCUT2D eigenvalue weighted by molar-refractivity contribution is -0.440. The summed E-state index contributed by atoms with van der Waals surface area (Å²) < 4.78 is 35.1. The molecule has 0 radical (unpaired) electrons. The van der Waals surface area contributed by atoms with Crippen LogP contribution in [-0.4, -0.2) is 42.1 Å². The van der Waals surface area contributed by atoms with E-state index in [-0.39, 0.29) is 16.6 Å². The molecule has 1 saturated carbocycles. The zero-order valence-corrected chi connectivity index (χ0v) is 28.6. The SMILES string of the molecule is CCCN1C2=CCCCCCC2(C)c2cc(-c3cc(C)c4c(c3)C3(C)CCCCCCC3=[N+]4CCCS(=O)(=O)O)cc(C)c21. The van der Waals surface area contributed by atoms with Crippen LogP contribution < -0.4 is 4.90 Å². The summed E-state index contributed by atoms with van der Waals surface area (Å²) in [5, 5.41) is 0. The highest BCUT2D eigenvalue weighted by molar-refractivity contribution is 7.85. The van der Waals surface area contributed by atoms with Crippen LogP contribution in [0.5, 0.6) is 0 Å². The van der Waals surface area contributed by atoms with Gasteiger partial charge in [0.15, 0.2) is 5.71 Å². The fourth-order valence-corrected chi connectivity index (χ4v) is 9.65. The first kappa shape index (κ1) is 31.5. The second-order valence-corrected chi connectivity index (χ2v) is 16.1. The van der Waals surface area contributed by atoms with E-state index in [9.17, 15) is 13.0 Å². The Morgan fingerprint density at radius 2 is 1.52 bits per heavy atom. The highest BCUT2D eigenvalue weighted by atomic mass is 32.2. The third-order valence-electron chi connectivity index (χ3n) is 11.3. The Bertz CT molecular complexity index is 1620. The van der Waals surface area contributed by atoms with Crippen LogP contribution >= 0.6 is 0 Å². The molecule has 0 saturated heterocycles. The molecule has 4 aliphatic rings. The van der Waals surface area contributed by atoms with Crippen molar-refractivity contribution < 1.29 is 17.5 Å². The van der Waals surface area contributed by atoms with Gasteiger partial charge in [0.05, 0.1) is 11.2 Å². The van der Waals surface area contributed by atoms with Crippen molar-refractivity contribution in [1.29, 1.82) is 0 Å². The van der Waals surface area contributed by atoms with Gasteiger partial charge in [-0.25, -0.2) is 0 Å². The maximum atomic E-state index is 11.6. The molecule has 0 amide bonds. The Kier molecular flexibility index (Phi) is 8.64. The molecule has 238 valence electrons. The molecular weight excluding hydrogens is 564 g/mol. The molecular formula is C38H53N2O3S+. The first-order valence-corrected chi connectivity index (χ1v) is 19.0. The zero-order valence-electron chi connectivity index (χ0n) is 27.8. The van der Waals surface area contributed by atoms with Gasteiger partial charge in [0.2, 0.25) is 5.69 Å². The largest absolute Gasteiger partial charge is 0.344 e. The quantitative estimate of drug-likeness (QED) is 0.248. The normalized spacial score (nSPS) is 25.3. The van der Waals surface area contributed by atoms with E-state index in [4.69, 9.17) is 0 Å². The topological polar surface area (TPSA) is 60.6 Å². The van der Waals surface area contributed by atoms with Gasteiger partial charge in [-0.1, -0.05) is 45.1 Å². The Hall–Kier alpha value is -2.44. The van der Waals surface area contributed by atoms with Crippen molar-refractivity contribution in [2.75, 3.05) is 23.7 Å². The van der Waals surface area contributed by atoms with E-state index in [1.807, 2.05) is 0 Å². The minimum absolute atomic E-state index is 0.0494. The summed E-state index contributed by atoms with van der Waals surface area (Å²) in [6.07, 6.45) is 17.4. The summed E-state index contributed by atoms with van der Waals surface area (Å²) in [5.41, 5.74) is 13.8. The van der Waals surface area contributed by atoms with E-state index in [1.165, 1.54) is 114 Å². The molecule has 0 spiro atoms. The number of fused-ring (bicyclic) bond motifs is 6. The molecule has 2 heterocycles. The van der Waals surface area contributed by atoms with Gasteiger partial charge < -0.3 is 4.90 Å². The second kappa shape index (κ2) is 12.1. The van der Waals surface area contributed by atoms with Gasteiger partial charge in [-0.2, -0.15) is 13.0 Å². The molecule has 1 N–H and O–H groups in total. The first-order chi connectivity index (χ1) is 21.0. The van der Waals surface area contributed by atoms with Gasteiger partial charge in [0, 0.05) is 47.3 Å². The molecule has 0 bridgehead atoms. The van der Waals surface area contributed by atoms with E-state index < -0.39 is 10.1 Å². The standard InChI is InChI=1S/C38H52N2O3S/c1-6-20-39-33-16-11-7-9-13-18-37(33,4)31-25-29(23-27(2)35(31)39)30-24-28(3)36-32(26-30)38(5)19-14-10-8-12-17-34(38)40(36)21-15-22-44(41,42)43/h16,23-26H,6-15,17-22H2,1-5H3/p+1. The number of benzene rings is 2. The van der Waals surface area contributed by atoms with Crippen LogP contribution in [0.15, 0.2) is 36.0 Å². The molecule has 6 rings (SSSR count). The first-order valence-electron chi connectivity index (χ1n) is 17.4. The summed E-state index contributed by atoms with van der Waals surface area (Å²) >= 11 is 0. The van der Waals surface area contributed by atoms with Crippen molar-refractivity contribution in [1.82, 2.24) is 0 Å². The maximum Gasteiger partial charge on any atom is 0.265 e. The Morgan fingerprint density at radius 1 is 0.864 bits per heavy atom. The van der Waals surface area contributed by atoms with E-state index in [0.29, 0.717) is 13.0 Å². The number of hydrogen-bond acceptors (Lipinski definition) is 3. The van der Waals surface area contributed by atoms with E-state index in [1.54, 1.807) is 0 Å². The number of anilines is 1. The number of rotatable bonds is 7. The molecule has 0 aromatic heterocycles.